The number of allylic oxidation sites excluding steroid dienone is 1. The first kappa shape index (κ1) is 22.9. The van der Waals surface area contributed by atoms with Gasteiger partial charge in [0.2, 0.25) is 5.91 Å². The molecule has 7 heteroatoms. The average Bonchev–Trinajstić information content (AvgIpc) is 2.66. The van der Waals surface area contributed by atoms with Gasteiger partial charge in [-0.25, -0.2) is 4.79 Å². The van der Waals surface area contributed by atoms with Crippen molar-refractivity contribution in [1.29, 1.82) is 0 Å². The molecular weight excluding hydrogens is 386 g/mol. The number of nitrogens with zero attached hydrogens (tertiary/aromatic N) is 1. The van der Waals surface area contributed by atoms with Crippen molar-refractivity contribution in [2.45, 2.75) is 47.6 Å². The number of hydrogen-bond acceptors (Lipinski definition) is 4. The molecule has 1 amide bonds. The fourth-order valence-electron chi connectivity index (χ4n) is 3.04. The molecule has 158 valence electrons. The lowest BCUT2D eigenvalue weighted by Crippen LogP contribution is -2.47. The molecule has 1 aliphatic heterocycles. The van der Waals surface area contributed by atoms with Gasteiger partial charge < -0.3 is 20.3 Å². The van der Waals surface area contributed by atoms with Crippen LogP contribution in [0, 0.1) is 11.8 Å². The Labute approximate surface area is 178 Å². The third kappa shape index (κ3) is 5.56. The molecule has 1 aliphatic rings. The van der Waals surface area contributed by atoms with E-state index >= 15 is 0 Å². The second-order valence-corrected chi connectivity index (χ2v) is 8.27. The maximum atomic E-state index is 12.9. The second-order valence-electron chi connectivity index (χ2n) is 7.88. The first-order valence-corrected chi connectivity index (χ1v) is 10.4. The Hall–Kier alpha value is -2.41. The Morgan fingerprint density at radius 2 is 1.83 bits per heavy atom. The number of nitrogens with one attached hydrogen (secondary N) is 2. The van der Waals surface area contributed by atoms with Crippen LogP contribution in [0.2, 0.25) is 0 Å². The van der Waals surface area contributed by atoms with E-state index in [9.17, 15) is 9.59 Å². The minimum Gasteiger partial charge on any atom is -0.462 e. The molecule has 1 atom stereocenters. The summed E-state index contributed by atoms with van der Waals surface area (Å²) in [4.78, 5) is 26.7. The van der Waals surface area contributed by atoms with Gasteiger partial charge in [0, 0.05) is 23.8 Å². The van der Waals surface area contributed by atoms with Crippen molar-refractivity contribution in [3.8, 4) is 0 Å². The van der Waals surface area contributed by atoms with Crippen LogP contribution in [0.4, 0.5) is 5.69 Å². The Kier molecular flexibility index (Phi) is 7.79. The number of benzene rings is 1. The molecule has 0 aliphatic carbocycles. The van der Waals surface area contributed by atoms with Gasteiger partial charge in [0.05, 0.1) is 18.2 Å². The molecule has 1 aromatic carbocycles. The molecule has 1 unspecified atom stereocenters. The van der Waals surface area contributed by atoms with Crippen LogP contribution in [0.3, 0.4) is 0 Å². The van der Waals surface area contributed by atoms with Gasteiger partial charge in [-0.15, -0.1) is 0 Å². The van der Waals surface area contributed by atoms with Gasteiger partial charge in [-0.3, -0.25) is 4.79 Å². The van der Waals surface area contributed by atoms with Crippen LogP contribution in [0.25, 0.3) is 0 Å². The van der Waals surface area contributed by atoms with Crippen molar-refractivity contribution >= 4 is 34.9 Å². The Morgan fingerprint density at radius 1 is 1.21 bits per heavy atom. The summed E-state index contributed by atoms with van der Waals surface area (Å²) in [7, 11) is 0. The number of hydrogen-bond donors (Lipinski definition) is 2. The van der Waals surface area contributed by atoms with Crippen LogP contribution in [0.1, 0.15) is 53.1 Å². The van der Waals surface area contributed by atoms with E-state index in [4.69, 9.17) is 17.0 Å². The first-order chi connectivity index (χ1) is 13.6. The number of rotatable bonds is 7. The topological polar surface area (TPSA) is 70.7 Å². The molecule has 2 rings (SSSR count). The summed E-state index contributed by atoms with van der Waals surface area (Å²) >= 11 is 5.51. The number of anilines is 1. The number of thiocarbonyl (C=S) groups is 1. The van der Waals surface area contributed by atoms with E-state index in [1.807, 2.05) is 70.7 Å². The van der Waals surface area contributed by atoms with Gasteiger partial charge in [-0.2, -0.15) is 0 Å². The van der Waals surface area contributed by atoms with Crippen LogP contribution >= 0.6 is 12.2 Å². The van der Waals surface area contributed by atoms with Crippen LogP contribution < -0.4 is 10.6 Å². The van der Waals surface area contributed by atoms with E-state index in [2.05, 4.69) is 10.6 Å². The predicted molar refractivity (Wildman–Crippen MR) is 119 cm³/mol. The molecule has 0 saturated heterocycles. The van der Waals surface area contributed by atoms with Crippen molar-refractivity contribution in [3.05, 3.63) is 41.1 Å². The number of esters is 1. The van der Waals surface area contributed by atoms with Crippen molar-refractivity contribution in [2.24, 2.45) is 11.8 Å². The molecule has 2 N–H and O–H groups in total. The van der Waals surface area contributed by atoms with E-state index in [1.165, 1.54) is 0 Å². The standard InChI is InChI=1S/C22H31N3O3S/c1-7-25-15(6)18(21(27)28-12-13(2)3)19(24-22(25)29)16-8-10-17(11-9-16)23-20(26)14(4)5/h8-11,13-14,19H,7,12H2,1-6H3,(H,23,26)(H,24,29). The van der Waals surface area contributed by atoms with E-state index in [0.29, 0.717) is 29.5 Å². The smallest absolute Gasteiger partial charge is 0.338 e. The summed E-state index contributed by atoms with van der Waals surface area (Å²) < 4.78 is 5.53. The van der Waals surface area contributed by atoms with E-state index in [0.717, 1.165) is 11.3 Å². The highest BCUT2D eigenvalue weighted by atomic mass is 32.1. The number of amides is 1. The van der Waals surface area contributed by atoms with Crippen molar-refractivity contribution in [1.82, 2.24) is 10.2 Å². The molecule has 0 bridgehead atoms. The van der Waals surface area contributed by atoms with Crippen molar-refractivity contribution in [2.75, 3.05) is 18.5 Å². The number of carbonyl (C=O) groups excluding carboxylic acids is 2. The Balaban J connectivity index is 2.35. The van der Waals surface area contributed by atoms with Gasteiger partial charge in [-0.1, -0.05) is 39.8 Å². The third-order valence-electron chi connectivity index (χ3n) is 4.72. The van der Waals surface area contributed by atoms with Gasteiger partial charge >= 0.3 is 5.97 Å². The SMILES string of the molecule is CCN1C(=S)NC(c2ccc(NC(=O)C(C)C)cc2)C(C(=O)OCC(C)C)=C1C. The van der Waals surface area contributed by atoms with Gasteiger partial charge in [-0.05, 0) is 49.7 Å². The maximum Gasteiger partial charge on any atom is 0.338 e. The fraction of sp³-hybridized carbons (Fsp3) is 0.500. The van der Waals surface area contributed by atoms with E-state index in [1.54, 1.807) is 0 Å². The highest BCUT2D eigenvalue weighted by Crippen LogP contribution is 2.32. The summed E-state index contributed by atoms with van der Waals surface area (Å²) in [5, 5.41) is 6.72. The van der Waals surface area contributed by atoms with Crippen LogP contribution in [-0.4, -0.2) is 35.0 Å². The van der Waals surface area contributed by atoms with Gasteiger partial charge in [0.15, 0.2) is 5.11 Å². The molecule has 6 nitrogen and oxygen atoms in total. The summed E-state index contributed by atoms with van der Waals surface area (Å²) in [5.41, 5.74) is 2.94. The maximum absolute atomic E-state index is 12.9. The zero-order valence-corrected chi connectivity index (χ0v) is 18.9. The van der Waals surface area contributed by atoms with Crippen LogP contribution in [0.5, 0.6) is 0 Å². The largest absolute Gasteiger partial charge is 0.462 e. The van der Waals surface area contributed by atoms with Gasteiger partial charge in [0.1, 0.15) is 0 Å². The Bertz CT molecular complexity index is 800. The fourth-order valence-corrected chi connectivity index (χ4v) is 3.43. The van der Waals surface area contributed by atoms with E-state index in [-0.39, 0.29) is 23.7 Å². The Morgan fingerprint density at radius 3 is 2.34 bits per heavy atom. The monoisotopic (exact) mass is 417 g/mol. The number of carbonyl (C=O) groups is 2. The summed E-state index contributed by atoms with van der Waals surface area (Å²) in [6, 6.07) is 7.04. The minimum absolute atomic E-state index is 0.0398. The minimum atomic E-state index is -0.403. The molecule has 0 spiro atoms. The zero-order chi connectivity index (χ0) is 21.7. The molecular formula is C22H31N3O3S. The highest BCUT2D eigenvalue weighted by molar-refractivity contribution is 7.80. The van der Waals surface area contributed by atoms with E-state index < -0.39 is 6.04 Å². The molecule has 29 heavy (non-hydrogen) atoms. The van der Waals surface area contributed by atoms with Crippen molar-refractivity contribution < 1.29 is 14.3 Å². The quantitative estimate of drug-likeness (QED) is 0.516. The summed E-state index contributed by atoms with van der Waals surface area (Å²) in [6.45, 7) is 12.6. The third-order valence-corrected chi connectivity index (χ3v) is 5.05. The molecule has 0 saturated carbocycles. The van der Waals surface area contributed by atoms with Crippen molar-refractivity contribution in [3.63, 3.8) is 0 Å². The van der Waals surface area contributed by atoms with Gasteiger partial charge in [0.25, 0.3) is 0 Å². The number of ether oxygens (including phenoxy) is 1. The molecule has 0 aromatic heterocycles. The normalized spacial score (nSPS) is 16.9. The highest BCUT2D eigenvalue weighted by Gasteiger charge is 2.34. The van der Waals surface area contributed by atoms with Crippen LogP contribution in [0.15, 0.2) is 35.5 Å². The first-order valence-electron chi connectivity index (χ1n) is 10.0. The lowest BCUT2D eigenvalue weighted by molar-refractivity contribution is -0.140. The lowest BCUT2D eigenvalue weighted by atomic mass is 9.94. The zero-order valence-electron chi connectivity index (χ0n) is 18.0. The summed E-state index contributed by atoms with van der Waals surface area (Å²) in [6.07, 6.45) is 0. The lowest BCUT2D eigenvalue weighted by Gasteiger charge is -2.37. The average molecular weight is 418 g/mol. The van der Waals surface area contributed by atoms with Crippen LogP contribution in [-0.2, 0) is 14.3 Å². The molecule has 1 aromatic rings. The second kappa shape index (κ2) is 9.87. The molecule has 0 radical (unpaired) electrons. The molecule has 0 fully saturated rings. The summed E-state index contributed by atoms with van der Waals surface area (Å²) in [5.74, 6) is -0.226. The predicted octanol–water partition coefficient (Wildman–Crippen LogP) is 4.01. The molecule has 1 heterocycles.